The molecule has 0 unspecified atom stereocenters. The Hall–Kier alpha value is -1.77. The highest BCUT2D eigenvalue weighted by molar-refractivity contribution is 7.97. The molecule has 5 N–H and O–H groups in total. The van der Waals surface area contributed by atoms with Crippen LogP contribution in [0, 0.1) is 5.92 Å². The van der Waals surface area contributed by atoms with Gasteiger partial charge in [0.2, 0.25) is 5.78 Å². The molecule has 6 nitrogen and oxygen atoms in total. The maximum absolute atomic E-state index is 12.7. The Morgan fingerprint density at radius 2 is 2.00 bits per heavy atom. The number of nitrogen functional groups attached to an aromatic ring is 1. The van der Waals surface area contributed by atoms with Gasteiger partial charge in [0.1, 0.15) is 16.4 Å². The largest absolute Gasteiger partial charge is 0.496 e. The number of aromatic nitrogens is 1. The van der Waals surface area contributed by atoms with Crippen LogP contribution in [0.3, 0.4) is 0 Å². The molecule has 160 valence electrons. The summed E-state index contributed by atoms with van der Waals surface area (Å²) in [6, 6.07) is 7.60. The molecule has 0 spiro atoms. The van der Waals surface area contributed by atoms with E-state index in [1.807, 2.05) is 12.1 Å². The van der Waals surface area contributed by atoms with E-state index < -0.39 is 0 Å². The van der Waals surface area contributed by atoms with Gasteiger partial charge < -0.3 is 15.8 Å². The fraction of sp³-hybridized carbons (Fsp3) is 0.524. The minimum atomic E-state index is -0.144. The van der Waals surface area contributed by atoms with Crippen LogP contribution in [0.15, 0.2) is 24.3 Å². The number of nitrogens with one attached hydrogen (secondary N) is 1. The van der Waals surface area contributed by atoms with Crippen molar-refractivity contribution in [2.24, 2.45) is 11.1 Å². The monoisotopic (exact) mass is 436 g/mol. The fourth-order valence-electron chi connectivity index (χ4n) is 3.12. The van der Waals surface area contributed by atoms with E-state index in [9.17, 15) is 4.79 Å². The van der Waals surface area contributed by atoms with Crippen molar-refractivity contribution in [3.05, 3.63) is 34.7 Å². The highest BCUT2D eigenvalue weighted by Crippen LogP contribution is 2.32. The van der Waals surface area contributed by atoms with Gasteiger partial charge in [0.15, 0.2) is 5.13 Å². The van der Waals surface area contributed by atoms with Crippen LogP contribution in [0.4, 0.5) is 10.9 Å². The molecule has 0 aliphatic heterocycles. The number of methoxy groups -OCH3 is 1. The lowest BCUT2D eigenvalue weighted by Gasteiger charge is -2.22. The molecule has 0 atom stereocenters. The van der Waals surface area contributed by atoms with Crippen LogP contribution in [0.25, 0.3) is 0 Å². The second-order valence-corrected chi connectivity index (χ2v) is 9.13. The first-order valence-electron chi connectivity index (χ1n) is 9.98. The number of para-hydroxylation sites is 1. The minimum absolute atomic E-state index is 0.144. The van der Waals surface area contributed by atoms with Crippen molar-refractivity contribution in [1.29, 1.82) is 0 Å². The molecule has 2 aromatic rings. The summed E-state index contributed by atoms with van der Waals surface area (Å²) in [4.78, 5) is 17.5. The normalized spacial score (nSPS) is 14.2. The molecule has 1 aromatic heterocycles. The molecule has 1 aliphatic carbocycles. The van der Waals surface area contributed by atoms with Crippen molar-refractivity contribution in [3.63, 3.8) is 0 Å². The van der Waals surface area contributed by atoms with E-state index in [0.29, 0.717) is 22.2 Å². The lowest BCUT2D eigenvalue weighted by atomic mass is 9.96. The fourth-order valence-corrected chi connectivity index (χ4v) is 4.43. The first kappa shape index (κ1) is 23.5. The average Bonchev–Trinajstić information content (AvgIpc) is 3.08. The average molecular weight is 437 g/mol. The van der Waals surface area contributed by atoms with Gasteiger partial charge in [-0.3, -0.25) is 9.93 Å². The summed E-state index contributed by atoms with van der Waals surface area (Å²) >= 11 is 2.73. The summed E-state index contributed by atoms with van der Waals surface area (Å²) in [6.45, 7) is 4.31. The molecule has 1 heterocycles. The number of nitrogens with zero attached hydrogens (tertiary/aromatic N) is 1. The molecule has 0 saturated heterocycles. The van der Waals surface area contributed by atoms with Crippen LogP contribution in [0.2, 0.25) is 0 Å². The van der Waals surface area contributed by atoms with E-state index in [-0.39, 0.29) is 11.6 Å². The topological polar surface area (TPSA) is 103 Å². The van der Waals surface area contributed by atoms with Crippen molar-refractivity contribution in [2.75, 3.05) is 23.9 Å². The van der Waals surface area contributed by atoms with E-state index in [2.05, 4.69) is 24.1 Å². The maximum Gasteiger partial charge on any atom is 0.210 e. The predicted octanol–water partition coefficient (Wildman–Crippen LogP) is 4.96. The highest BCUT2D eigenvalue weighted by atomic mass is 32.2. The zero-order chi connectivity index (χ0) is 21.2. The smallest absolute Gasteiger partial charge is 0.210 e. The van der Waals surface area contributed by atoms with Crippen LogP contribution in [0.1, 0.15) is 61.2 Å². The van der Waals surface area contributed by atoms with Crippen LogP contribution < -0.4 is 20.9 Å². The summed E-state index contributed by atoms with van der Waals surface area (Å²) in [5.41, 5.74) is 6.48. The second kappa shape index (κ2) is 12.0. The second-order valence-electron chi connectivity index (χ2n) is 7.47. The highest BCUT2D eigenvalue weighted by Gasteiger charge is 2.22. The van der Waals surface area contributed by atoms with E-state index in [4.69, 9.17) is 15.6 Å². The SMILES string of the molecule is CC(C)CSN.COc1ccccc1C(=O)c1sc(NC2CCCCC2)nc1N. The standard InChI is InChI=1S/C17H21N3O2S.C4H11NS/c1-22-13-10-6-5-9-12(13)14(21)15-16(18)20-17(23-15)19-11-7-3-2-4-8-11;1-4(2)3-6-5/h5-6,9-11H,2-4,7-8,18H2,1H3,(H,19,20);4H,3,5H2,1-2H3. The molecule has 1 saturated carbocycles. The number of hydrogen-bond donors (Lipinski definition) is 3. The first-order valence-corrected chi connectivity index (χ1v) is 11.8. The summed E-state index contributed by atoms with van der Waals surface area (Å²) in [6.07, 6.45) is 6.08. The lowest BCUT2D eigenvalue weighted by molar-refractivity contribution is 0.104. The quantitative estimate of drug-likeness (QED) is 0.416. The maximum atomic E-state index is 12.7. The summed E-state index contributed by atoms with van der Waals surface area (Å²) in [5, 5.41) is 9.30. The van der Waals surface area contributed by atoms with E-state index in [1.165, 1.54) is 42.5 Å². The van der Waals surface area contributed by atoms with Gasteiger partial charge >= 0.3 is 0 Å². The third-order valence-electron chi connectivity index (χ3n) is 4.57. The van der Waals surface area contributed by atoms with E-state index in [1.54, 1.807) is 19.2 Å². The van der Waals surface area contributed by atoms with Crippen LogP contribution in [0.5, 0.6) is 5.75 Å². The number of anilines is 2. The molecule has 1 aromatic carbocycles. The van der Waals surface area contributed by atoms with Gasteiger partial charge in [-0.25, -0.2) is 4.98 Å². The van der Waals surface area contributed by atoms with Crippen molar-refractivity contribution in [3.8, 4) is 5.75 Å². The zero-order valence-corrected chi connectivity index (χ0v) is 19.1. The number of ketones is 1. The van der Waals surface area contributed by atoms with Gasteiger partial charge in [0.05, 0.1) is 12.7 Å². The van der Waals surface area contributed by atoms with Gasteiger partial charge in [-0.2, -0.15) is 0 Å². The summed E-state index contributed by atoms with van der Waals surface area (Å²) < 4.78 is 5.26. The number of benzene rings is 1. The molecule has 0 bridgehead atoms. The molecule has 0 amide bonds. The lowest BCUT2D eigenvalue weighted by Crippen LogP contribution is -2.22. The summed E-state index contributed by atoms with van der Waals surface area (Å²) in [7, 11) is 1.55. The Labute approximate surface area is 181 Å². The molecule has 1 fully saturated rings. The van der Waals surface area contributed by atoms with Crippen molar-refractivity contribution < 1.29 is 9.53 Å². The number of ether oxygens (including phenoxy) is 1. The molecular formula is C21H32N4O2S2. The Morgan fingerprint density at radius 3 is 2.59 bits per heavy atom. The summed E-state index contributed by atoms with van der Waals surface area (Å²) in [5.74, 6) is 2.49. The molecular weight excluding hydrogens is 404 g/mol. The van der Waals surface area contributed by atoms with E-state index >= 15 is 0 Å². The van der Waals surface area contributed by atoms with Crippen molar-refractivity contribution in [2.45, 2.75) is 52.0 Å². The number of carbonyl (C=O) groups is 1. The van der Waals surface area contributed by atoms with Crippen molar-refractivity contribution in [1.82, 2.24) is 4.98 Å². The van der Waals surface area contributed by atoms with Gasteiger partial charge in [-0.15, -0.1) is 0 Å². The Balaban J connectivity index is 0.000000438. The van der Waals surface area contributed by atoms with Crippen molar-refractivity contribution >= 4 is 40.0 Å². The number of hydrogen-bond acceptors (Lipinski definition) is 8. The van der Waals surface area contributed by atoms with Crippen LogP contribution in [-0.2, 0) is 0 Å². The molecule has 3 rings (SSSR count). The van der Waals surface area contributed by atoms with Gasteiger partial charge in [-0.05, 0) is 30.9 Å². The number of nitrogens with two attached hydrogens (primary N) is 2. The molecule has 1 aliphatic rings. The third-order valence-corrected chi connectivity index (χ3v) is 6.43. The molecule has 0 radical (unpaired) electrons. The van der Waals surface area contributed by atoms with Gasteiger partial charge in [-0.1, -0.05) is 68.5 Å². The van der Waals surface area contributed by atoms with Gasteiger partial charge in [0, 0.05) is 11.8 Å². The Bertz CT molecular complexity index is 774. The Kier molecular flexibility index (Phi) is 9.76. The van der Waals surface area contributed by atoms with Gasteiger partial charge in [0.25, 0.3) is 0 Å². The van der Waals surface area contributed by atoms with E-state index in [0.717, 1.165) is 29.6 Å². The number of thiazole rings is 1. The number of rotatable bonds is 7. The first-order chi connectivity index (χ1) is 14.0. The zero-order valence-electron chi connectivity index (χ0n) is 17.4. The van der Waals surface area contributed by atoms with Crippen LogP contribution >= 0.6 is 23.3 Å². The predicted molar refractivity (Wildman–Crippen MR) is 125 cm³/mol. The third kappa shape index (κ3) is 7.21. The molecule has 29 heavy (non-hydrogen) atoms. The Morgan fingerprint density at radius 1 is 1.31 bits per heavy atom. The minimum Gasteiger partial charge on any atom is -0.496 e. The van der Waals surface area contributed by atoms with Crippen LogP contribution in [-0.4, -0.2) is 29.7 Å². The number of carbonyl (C=O) groups excluding carboxylic acids is 1. The molecule has 8 heteroatoms.